The van der Waals surface area contributed by atoms with E-state index in [0.717, 1.165) is 95.7 Å². The molecule has 0 amide bonds. The number of benzene rings is 6. The number of aryl methyl sites for hydroxylation is 2. The molecule has 19 heteroatoms. The van der Waals surface area contributed by atoms with Crippen LogP contribution in [0.3, 0.4) is 0 Å². The van der Waals surface area contributed by atoms with Gasteiger partial charge in [-0.25, -0.2) is 4.39 Å². The molecule has 0 aromatic heterocycles. The van der Waals surface area contributed by atoms with Gasteiger partial charge in [0.2, 0.25) is 0 Å². The second kappa shape index (κ2) is 43.6. The second-order valence-corrected chi connectivity index (χ2v) is 30.6. The van der Waals surface area contributed by atoms with E-state index in [4.69, 9.17) is 32.2 Å². The van der Waals surface area contributed by atoms with E-state index in [-0.39, 0.29) is 82.9 Å². The molecule has 15 nitrogen and oxygen atoms in total. The van der Waals surface area contributed by atoms with Gasteiger partial charge in [0, 0.05) is 10.0 Å². The summed E-state index contributed by atoms with van der Waals surface area (Å²) in [4.78, 5) is 68.6. The van der Waals surface area contributed by atoms with E-state index < -0.39 is 7.60 Å². The van der Waals surface area contributed by atoms with Gasteiger partial charge >= 0.3 is 7.60 Å². The molecule has 107 heavy (non-hydrogen) atoms. The summed E-state index contributed by atoms with van der Waals surface area (Å²) < 4.78 is 36.1. The van der Waals surface area contributed by atoms with Crippen LogP contribution in [-0.4, -0.2) is 126 Å². The Labute approximate surface area is 645 Å². The topological polar surface area (TPSA) is 210 Å². The van der Waals surface area contributed by atoms with Crippen LogP contribution in [0.15, 0.2) is 146 Å². The molecule has 0 bridgehead atoms. The Morgan fingerprint density at radius 3 is 1.26 bits per heavy atom. The molecule has 5 aliphatic rings. The molecule has 5 aliphatic carbocycles. The van der Waals surface area contributed by atoms with Gasteiger partial charge in [-0.2, -0.15) is 0 Å². The lowest BCUT2D eigenvalue weighted by Crippen LogP contribution is -2.34. The maximum Gasteiger partial charge on any atom is 0.335 e. The number of hydrogen-bond donors (Lipinski definition) is 6. The van der Waals surface area contributed by atoms with Crippen molar-refractivity contribution in [3.05, 3.63) is 239 Å². The van der Waals surface area contributed by atoms with E-state index in [0.29, 0.717) is 26.1 Å². The van der Waals surface area contributed by atoms with Crippen LogP contribution in [0.1, 0.15) is 165 Å². The third kappa shape index (κ3) is 26.1. The van der Waals surface area contributed by atoms with E-state index >= 15 is 0 Å². The molecule has 6 aromatic carbocycles. The largest absolute Gasteiger partial charge is 0.335 e. The van der Waals surface area contributed by atoms with Crippen molar-refractivity contribution in [3.63, 3.8) is 0 Å². The predicted molar refractivity (Wildman–Crippen MR) is 439 cm³/mol. The lowest BCUT2D eigenvalue weighted by Gasteiger charge is -2.17. The fourth-order valence-corrected chi connectivity index (χ4v) is 16.0. The number of allylic oxidation sites excluding steroid dienone is 5. The Bertz CT molecular complexity index is 4190. The minimum Gasteiger partial charge on any atom is -0.310 e. The number of carbonyl (C=O) groups excluding carboxylic acids is 6. The minimum atomic E-state index is -3.07. The summed E-state index contributed by atoms with van der Waals surface area (Å²) in [5.41, 5.74) is 23.4. The number of Topliss-reactive ketones (excluding diaryl/α,β-unsaturated/α-hetero) is 6. The van der Waals surface area contributed by atoms with Crippen molar-refractivity contribution < 1.29 is 46.8 Å². The molecule has 0 aliphatic heterocycles. The Kier molecular flexibility index (Phi) is 36.0. The van der Waals surface area contributed by atoms with Crippen molar-refractivity contribution in [2.24, 2.45) is 0 Å². The minimum absolute atomic E-state index is 0.0623. The number of rotatable bonds is 30. The fraction of sp³-hybridized carbons (Fsp3) is 0.409. The quantitative estimate of drug-likeness (QED) is 0.0232. The standard InChI is InChI=1S/C16H26NO4P.2C15H19NO.2C14H16ClNO.C14H16FNO/c1-5-20-22(19,21-6-2)12-15-9-7-14(8-10-15)11-16(17-4)13(3)18;1-10-5-4-6-14-12(7-8-13(10)14)9-15(16-3)11(2)17;1-10-5-4-6-12-7-8-13(15(10)12)9-14(16-3)11(2)17;1-9(17)14(16-2)8-11-4-3-10-7-12(15)5-6-13(10)11;1-9(17)14(16-2)7-11-4-3-10-5-6-12(15)8-13(10)11;1-9(17)14(16-2)8-11-4-3-10-7-12(15)5-6-13(10)11/h7-10,16-17H,5-6,11-12H2,1-4H3;4-7,15-16H,8-9H2,1-3H3;4-6,8,14,16H,7,9H2,1-3H3;4-7,14,16H,3,8H2,1-2H3;4-6,8,14,16H,3,7H2,1-2H3;4-7,14,16H,3,8H2,1-2H3/t16-;;;14-;;/m0..0../s1. The van der Waals surface area contributed by atoms with Crippen LogP contribution < -0.4 is 31.9 Å². The van der Waals surface area contributed by atoms with E-state index in [1.807, 2.05) is 82.8 Å². The number of nitrogens with one attached hydrogen (secondary N) is 6. The lowest BCUT2D eigenvalue weighted by molar-refractivity contribution is -0.119. The van der Waals surface area contributed by atoms with Crippen LogP contribution in [0, 0.1) is 19.7 Å². The number of fused-ring (bicyclic) bond motifs is 5. The van der Waals surface area contributed by atoms with Crippen LogP contribution in [0.4, 0.5) is 4.39 Å². The molecule has 0 spiro atoms. The van der Waals surface area contributed by atoms with Crippen molar-refractivity contribution in [2.45, 2.75) is 182 Å². The Morgan fingerprint density at radius 1 is 0.402 bits per heavy atom. The molecule has 4 unspecified atom stereocenters. The summed E-state index contributed by atoms with van der Waals surface area (Å²) in [7, 11) is 7.83. The van der Waals surface area contributed by atoms with E-state index in [1.54, 1.807) is 81.6 Å². The molecule has 0 fully saturated rings. The zero-order valence-electron chi connectivity index (χ0n) is 65.5. The van der Waals surface area contributed by atoms with Gasteiger partial charge in [0.05, 0.1) is 55.6 Å². The molecule has 0 saturated heterocycles. The first kappa shape index (κ1) is 88.4. The third-order valence-electron chi connectivity index (χ3n) is 20.2. The number of hydrogen-bond acceptors (Lipinski definition) is 15. The average Bonchev–Trinajstić information content (AvgIpc) is 1.72. The highest BCUT2D eigenvalue weighted by Gasteiger charge is 2.28. The first-order chi connectivity index (χ1) is 51.0. The molecule has 0 heterocycles. The van der Waals surface area contributed by atoms with Crippen molar-refractivity contribution in [1.29, 1.82) is 0 Å². The highest BCUT2D eigenvalue weighted by molar-refractivity contribution is 7.53. The first-order valence-corrected chi connectivity index (χ1v) is 39.5. The number of carbonyl (C=O) groups is 6. The highest BCUT2D eigenvalue weighted by atomic mass is 35.5. The molecule has 6 aromatic rings. The van der Waals surface area contributed by atoms with E-state index in [1.165, 1.54) is 84.0 Å². The van der Waals surface area contributed by atoms with Crippen LogP contribution in [0.25, 0.3) is 27.9 Å². The Hall–Kier alpha value is -7.54. The summed E-state index contributed by atoms with van der Waals surface area (Å²) in [6.07, 6.45) is 20.2. The van der Waals surface area contributed by atoms with Gasteiger partial charge in [-0.05, 0) is 324 Å². The number of likely N-dealkylation sites (N-methyl/N-ethyl adjacent to an activating group) is 6. The fourth-order valence-electron chi connectivity index (χ4n) is 14.0. The zero-order chi connectivity index (χ0) is 78.7. The number of ketones is 6. The first-order valence-electron chi connectivity index (χ1n) is 37.1. The second-order valence-electron chi connectivity index (χ2n) is 27.6. The third-order valence-corrected chi connectivity index (χ3v) is 22.7. The van der Waals surface area contributed by atoms with Crippen molar-refractivity contribution in [3.8, 4) is 0 Å². The maximum absolute atomic E-state index is 13.1. The monoisotopic (exact) mass is 1520 g/mol. The van der Waals surface area contributed by atoms with Gasteiger partial charge in [0.25, 0.3) is 0 Å². The van der Waals surface area contributed by atoms with Gasteiger partial charge in [-0.15, -0.1) is 0 Å². The van der Waals surface area contributed by atoms with Crippen molar-refractivity contribution >= 4 is 93.4 Å². The summed E-state index contributed by atoms with van der Waals surface area (Å²) >= 11 is 12.0. The normalized spacial score (nSPS) is 14.9. The van der Waals surface area contributed by atoms with Crippen molar-refractivity contribution in [1.82, 2.24) is 31.9 Å². The van der Waals surface area contributed by atoms with Crippen LogP contribution in [0.2, 0.25) is 10.0 Å². The molecule has 0 saturated carbocycles. The Balaban J connectivity index is 0.000000201. The van der Waals surface area contributed by atoms with E-state index in [9.17, 15) is 37.7 Å². The lowest BCUT2D eigenvalue weighted by atomic mass is 9.94. The molecule has 0 radical (unpaired) electrons. The summed E-state index contributed by atoms with van der Waals surface area (Å²) in [5, 5.41) is 19.8. The van der Waals surface area contributed by atoms with Crippen molar-refractivity contribution in [2.75, 3.05) is 55.5 Å². The molecular weight excluding hydrogens is 1410 g/mol. The summed E-state index contributed by atoms with van der Waals surface area (Å²) in [5.74, 6) is 0.799. The Morgan fingerprint density at radius 2 is 0.776 bits per heavy atom. The SMILES string of the molecule is CCOP(=O)(Cc1ccc(C[C@H](NC)C(C)=O)cc1)OCC.CNC(CC1=CCc2c(C)cccc21)C(C)=O.CNC(CC1=CCc2cc(F)ccc21)C(C)=O.CNC(CC1=CCc2ccc(Cl)cc21)C(C)=O.CNC(CC1=CCc2cccc(C)c21)C(C)=O.CN[C@@H](CC1=CCc2cc(Cl)ccc21)C(C)=O. The highest BCUT2D eigenvalue weighted by Crippen LogP contribution is 2.51. The maximum atomic E-state index is 13.1. The van der Waals surface area contributed by atoms with Gasteiger partial charge in [-0.1, -0.05) is 132 Å². The molecule has 6 N–H and O–H groups in total. The molecule has 6 atom stereocenters. The number of halogens is 3. The zero-order valence-corrected chi connectivity index (χ0v) is 67.9. The molecule has 574 valence electrons. The van der Waals surface area contributed by atoms with Crippen LogP contribution >= 0.6 is 30.8 Å². The average molecular weight is 1520 g/mol. The molecular formula is C88H112Cl2FN6O9P. The predicted octanol–water partition coefficient (Wildman–Crippen LogP) is 16.2. The van der Waals surface area contributed by atoms with Gasteiger partial charge in [0.1, 0.15) is 40.5 Å². The summed E-state index contributed by atoms with van der Waals surface area (Å²) in [6, 6.07) is 36.6. The van der Waals surface area contributed by atoms with Crippen LogP contribution in [0.5, 0.6) is 0 Å². The smallest absolute Gasteiger partial charge is 0.310 e. The summed E-state index contributed by atoms with van der Waals surface area (Å²) in [6.45, 7) is 18.3. The molecule has 11 rings (SSSR count). The van der Waals surface area contributed by atoms with Gasteiger partial charge in [0.15, 0.2) is 0 Å². The van der Waals surface area contributed by atoms with Gasteiger partial charge in [-0.3, -0.25) is 33.3 Å². The van der Waals surface area contributed by atoms with E-state index in [2.05, 4.69) is 119 Å². The van der Waals surface area contributed by atoms with Crippen LogP contribution in [-0.2, 0) is 87.1 Å². The van der Waals surface area contributed by atoms with Gasteiger partial charge < -0.3 is 40.9 Å².